The Labute approximate surface area is 161 Å². The number of aliphatic hydroxyl groups excluding tert-OH is 1. The predicted octanol–water partition coefficient (Wildman–Crippen LogP) is 3.44. The second-order valence-electron chi connectivity index (χ2n) is 7.48. The molecule has 0 spiro atoms. The topological polar surface area (TPSA) is 67.8 Å². The van der Waals surface area contributed by atoms with Gasteiger partial charge in [-0.05, 0) is 47.7 Å². The van der Waals surface area contributed by atoms with E-state index >= 15 is 0 Å². The molecule has 0 aliphatic rings. The summed E-state index contributed by atoms with van der Waals surface area (Å²) in [5.41, 5.74) is 2.10. The first-order chi connectivity index (χ1) is 12.8. The van der Waals surface area contributed by atoms with Crippen molar-refractivity contribution in [1.29, 1.82) is 0 Å². The van der Waals surface area contributed by atoms with Crippen molar-refractivity contribution in [3.05, 3.63) is 59.7 Å². The Hall–Kier alpha value is -2.53. The lowest BCUT2D eigenvalue weighted by atomic mass is 9.87. The number of hydrogen-bond donors (Lipinski definition) is 2. The van der Waals surface area contributed by atoms with Gasteiger partial charge in [-0.25, -0.2) is 0 Å². The first-order valence-corrected chi connectivity index (χ1v) is 9.17. The van der Waals surface area contributed by atoms with Gasteiger partial charge in [-0.3, -0.25) is 4.79 Å². The van der Waals surface area contributed by atoms with Gasteiger partial charge in [0.1, 0.15) is 18.1 Å². The van der Waals surface area contributed by atoms with Gasteiger partial charge in [-0.1, -0.05) is 45.0 Å². The SMILES string of the molecule is CC(Oc1cccc(CO)c1)C(=O)NCCOc1ccc(C(C)(C)C)cc1. The van der Waals surface area contributed by atoms with Crippen LogP contribution in [0.3, 0.4) is 0 Å². The molecule has 1 atom stereocenters. The molecule has 0 aromatic heterocycles. The fraction of sp³-hybridized carbons (Fsp3) is 0.409. The van der Waals surface area contributed by atoms with Gasteiger partial charge in [0.25, 0.3) is 5.91 Å². The average Bonchev–Trinajstić information content (AvgIpc) is 2.64. The Morgan fingerprint density at radius 1 is 1.11 bits per heavy atom. The van der Waals surface area contributed by atoms with E-state index in [2.05, 4.69) is 38.2 Å². The van der Waals surface area contributed by atoms with Crippen molar-refractivity contribution in [3.63, 3.8) is 0 Å². The Balaban J connectivity index is 1.73. The lowest BCUT2D eigenvalue weighted by Gasteiger charge is -2.19. The van der Waals surface area contributed by atoms with E-state index < -0.39 is 6.10 Å². The van der Waals surface area contributed by atoms with E-state index in [9.17, 15) is 4.79 Å². The van der Waals surface area contributed by atoms with Gasteiger partial charge in [0.15, 0.2) is 6.10 Å². The van der Waals surface area contributed by atoms with E-state index in [1.807, 2.05) is 12.1 Å². The molecule has 2 aromatic carbocycles. The summed E-state index contributed by atoms with van der Waals surface area (Å²) < 4.78 is 11.3. The molecule has 2 rings (SSSR count). The molecular formula is C22H29NO4. The lowest BCUT2D eigenvalue weighted by Crippen LogP contribution is -2.38. The van der Waals surface area contributed by atoms with Crippen LogP contribution in [0.25, 0.3) is 0 Å². The maximum absolute atomic E-state index is 12.1. The average molecular weight is 371 g/mol. The zero-order chi connectivity index (χ0) is 19.9. The van der Waals surface area contributed by atoms with Crippen LogP contribution >= 0.6 is 0 Å². The first-order valence-electron chi connectivity index (χ1n) is 9.17. The molecule has 2 aromatic rings. The maximum atomic E-state index is 12.1. The van der Waals surface area contributed by atoms with Crippen LogP contribution < -0.4 is 14.8 Å². The number of hydrogen-bond acceptors (Lipinski definition) is 4. The number of benzene rings is 2. The molecule has 5 nitrogen and oxygen atoms in total. The van der Waals surface area contributed by atoms with Gasteiger partial charge in [0.05, 0.1) is 13.2 Å². The number of carbonyl (C=O) groups excluding carboxylic acids is 1. The Bertz CT molecular complexity index is 735. The molecule has 146 valence electrons. The van der Waals surface area contributed by atoms with Crippen LogP contribution in [-0.4, -0.2) is 30.3 Å². The Kier molecular flexibility index (Phi) is 7.25. The summed E-state index contributed by atoms with van der Waals surface area (Å²) in [6, 6.07) is 15.1. The van der Waals surface area contributed by atoms with Gasteiger partial charge in [-0.2, -0.15) is 0 Å². The highest BCUT2D eigenvalue weighted by atomic mass is 16.5. The summed E-state index contributed by atoms with van der Waals surface area (Å²) in [7, 11) is 0. The van der Waals surface area contributed by atoms with Gasteiger partial charge < -0.3 is 19.9 Å². The van der Waals surface area contributed by atoms with E-state index in [-0.39, 0.29) is 17.9 Å². The van der Waals surface area contributed by atoms with Crippen molar-refractivity contribution in [2.24, 2.45) is 0 Å². The third-order valence-corrected chi connectivity index (χ3v) is 4.15. The zero-order valence-electron chi connectivity index (χ0n) is 16.5. The van der Waals surface area contributed by atoms with Crippen molar-refractivity contribution >= 4 is 5.91 Å². The van der Waals surface area contributed by atoms with Crippen LogP contribution in [0.2, 0.25) is 0 Å². The van der Waals surface area contributed by atoms with Crippen LogP contribution in [0.4, 0.5) is 0 Å². The van der Waals surface area contributed by atoms with Gasteiger partial charge >= 0.3 is 0 Å². The van der Waals surface area contributed by atoms with E-state index in [4.69, 9.17) is 14.6 Å². The minimum absolute atomic E-state index is 0.0636. The number of aliphatic hydroxyl groups is 1. The molecule has 0 aliphatic carbocycles. The van der Waals surface area contributed by atoms with E-state index in [0.717, 1.165) is 11.3 Å². The summed E-state index contributed by atoms with van der Waals surface area (Å²) in [5.74, 6) is 1.12. The summed E-state index contributed by atoms with van der Waals surface area (Å²) in [5, 5.41) is 11.9. The van der Waals surface area contributed by atoms with Crippen molar-refractivity contribution in [2.45, 2.75) is 45.8 Å². The fourth-order valence-electron chi connectivity index (χ4n) is 2.51. The Morgan fingerprint density at radius 2 is 1.81 bits per heavy atom. The highest BCUT2D eigenvalue weighted by Gasteiger charge is 2.15. The van der Waals surface area contributed by atoms with E-state index in [1.165, 1.54) is 5.56 Å². The van der Waals surface area contributed by atoms with Gasteiger partial charge in [0, 0.05) is 0 Å². The van der Waals surface area contributed by atoms with Crippen LogP contribution in [0.1, 0.15) is 38.8 Å². The molecule has 2 N–H and O–H groups in total. The van der Waals surface area contributed by atoms with Gasteiger partial charge in [0.2, 0.25) is 0 Å². The van der Waals surface area contributed by atoms with Crippen LogP contribution in [-0.2, 0) is 16.8 Å². The number of rotatable bonds is 8. The second-order valence-corrected chi connectivity index (χ2v) is 7.48. The smallest absolute Gasteiger partial charge is 0.260 e. The maximum Gasteiger partial charge on any atom is 0.260 e. The molecule has 0 bridgehead atoms. The highest BCUT2D eigenvalue weighted by Crippen LogP contribution is 2.24. The van der Waals surface area contributed by atoms with Crippen LogP contribution in [0.5, 0.6) is 11.5 Å². The van der Waals surface area contributed by atoms with Crippen molar-refractivity contribution in [3.8, 4) is 11.5 Å². The molecule has 0 saturated heterocycles. The van der Waals surface area contributed by atoms with E-state index in [0.29, 0.717) is 18.9 Å². The monoisotopic (exact) mass is 371 g/mol. The predicted molar refractivity (Wildman–Crippen MR) is 106 cm³/mol. The summed E-state index contributed by atoms with van der Waals surface area (Å²) in [4.78, 5) is 12.1. The van der Waals surface area contributed by atoms with Crippen molar-refractivity contribution in [2.75, 3.05) is 13.2 Å². The molecule has 0 aliphatic heterocycles. The molecule has 0 radical (unpaired) electrons. The number of ether oxygens (including phenoxy) is 2. The first kappa shape index (κ1) is 20.8. The second kappa shape index (κ2) is 9.42. The minimum Gasteiger partial charge on any atom is -0.492 e. The molecule has 1 unspecified atom stereocenters. The van der Waals surface area contributed by atoms with Gasteiger partial charge in [-0.15, -0.1) is 0 Å². The van der Waals surface area contributed by atoms with E-state index in [1.54, 1.807) is 31.2 Å². The largest absolute Gasteiger partial charge is 0.492 e. The normalized spacial score (nSPS) is 12.3. The zero-order valence-corrected chi connectivity index (χ0v) is 16.5. The quantitative estimate of drug-likeness (QED) is 0.698. The molecule has 27 heavy (non-hydrogen) atoms. The number of nitrogens with one attached hydrogen (secondary N) is 1. The lowest BCUT2D eigenvalue weighted by molar-refractivity contribution is -0.127. The number of carbonyl (C=O) groups is 1. The number of amides is 1. The van der Waals surface area contributed by atoms with Crippen molar-refractivity contribution in [1.82, 2.24) is 5.32 Å². The fourth-order valence-corrected chi connectivity index (χ4v) is 2.51. The summed E-state index contributed by atoms with van der Waals surface area (Å²) in [6.07, 6.45) is -0.634. The summed E-state index contributed by atoms with van der Waals surface area (Å²) in [6.45, 7) is 8.90. The highest BCUT2D eigenvalue weighted by molar-refractivity contribution is 5.80. The molecule has 0 heterocycles. The van der Waals surface area contributed by atoms with Crippen LogP contribution in [0, 0.1) is 0 Å². The Morgan fingerprint density at radius 3 is 2.44 bits per heavy atom. The molecule has 1 amide bonds. The molecule has 5 heteroatoms. The third-order valence-electron chi connectivity index (χ3n) is 4.15. The third kappa shape index (κ3) is 6.61. The summed E-state index contributed by atoms with van der Waals surface area (Å²) >= 11 is 0. The molecule has 0 saturated carbocycles. The minimum atomic E-state index is -0.634. The van der Waals surface area contributed by atoms with Crippen LogP contribution in [0.15, 0.2) is 48.5 Å². The standard InChI is InChI=1S/C22H29NO4/c1-16(27-20-7-5-6-17(14-20)15-24)21(25)23-12-13-26-19-10-8-18(9-11-19)22(2,3)4/h5-11,14,16,24H,12-13,15H2,1-4H3,(H,23,25). The molecule has 0 fully saturated rings. The van der Waals surface area contributed by atoms with Crippen molar-refractivity contribution < 1.29 is 19.4 Å². The molecular weight excluding hydrogens is 342 g/mol.